The molecule has 10 heteroatoms. The Balaban J connectivity index is 2.08. The molecule has 0 aliphatic carbocycles. The first-order chi connectivity index (χ1) is 10.5. The number of hydrogen-bond donors (Lipinski definition) is 2. The van der Waals surface area contributed by atoms with Gasteiger partial charge in [0.05, 0.1) is 25.9 Å². The lowest BCUT2D eigenvalue weighted by Gasteiger charge is -2.21. The van der Waals surface area contributed by atoms with Crippen LogP contribution < -0.4 is 0 Å². The van der Waals surface area contributed by atoms with Crippen molar-refractivity contribution in [2.24, 2.45) is 20.0 Å². The Morgan fingerprint density at radius 2 is 2.18 bits per heavy atom. The van der Waals surface area contributed by atoms with Gasteiger partial charge >= 0.3 is 0 Å². The molecular weight excluding hydrogens is 292 g/mol. The summed E-state index contributed by atoms with van der Waals surface area (Å²) in [6.45, 7) is -0.616. The van der Waals surface area contributed by atoms with Gasteiger partial charge in [-0.05, 0) is 0 Å². The molecule has 0 radical (unpaired) electrons. The Bertz CT molecular complexity index is 538. The largest absolute Gasteiger partial charge is 0.394 e. The van der Waals surface area contributed by atoms with E-state index < -0.39 is 18.1 Å². The minimum absolute atomic E-state index is 0.00255. The summed E-state index contributed by atoms with van der Waals surface area (Å²) in [5.74, 6) is -0.0441. The quantitative estimate of drug-likeness (QED) is 0.428. The number of ether oxygens (including phenoxy) is 1. The van der Waals surface area contributed by atoms with E-state index in [-0.39, 0.29) is 25.9 Å². The molecule has 2 rings (SSSR count). The van der Waals surface area contributed by atoms with Gasteiger partial charge in [-0.25, -0.2) is 4.99 Å². The van der Waals surface area contributed by atoms with Crippen LogP contribution in [0.25, 0.3) is 0 Å². The van der Waals surface area contributed by atoms with Crippen molar-refractivity contribution in [2.45, 2.75) is 12.1 Å². The van der Waals surface area contributed by atoms with Crippen LogP contribution in [0.5, 0.6) is 0 Å². The highest BCUT2D eigenvalue weighted by atomic mass is 16.5. The molecule has 120 valence electrons. The second-order valence-electron chi connectivity index (χ2n) is 4.85. The van der Waals surface area contributed by atoms with Gasteiger partial charge in [-0.1, -0.05) is 0 Å². The maximum Gasteiger partial charge on any atom is 0.281 e. The first-order valence-corrected chi connectivity index (χ1v) is 6.60. The standard InChI is InChI=1S/C12H18N6O4/c1-17(2)5-14-12-15-10-9(11(21)16-12)13-6-18(10)7-22-8(3-19)4-20/h5-6,8-9,19-20H,3-4,7H2,1-2H3/b14-5+. The second kappa shape index (κ2) is 7.20. The average Bonchev–Trinajstić information content (AvgIpc) is 2.90. The maximum atomic E-state index is 11.9. The van der Waals surface area contributed by atoms with Crippen LogP contribution in [0.4, 0.5) is 0 Å². The van der Waals surface area contributed by atoms with Crippen molar-refractivity contribution in [3.63, 3.8) is 0 Å². The summed E-state index contributed by atoms with van der Waals surface area (Å²) in [6, 6.07) is -0.788. The Hall–Kier alpha value is -2.17. The summed E-state index contributed by atoms with van der Waals surface area (Å²) in [5.41, 5.74) is 0. The smallest absolute Gasteiger partial charge is 0.281 e. The van der Waals surface area contributed by atoms with E-state index in [0.29, 0.717) is 5.84 Å². The number of amides is 1. The minimum atomic E-state index is -0.788. The molecule has 1 unspecified atom stereocenters. The van der Waals surface area contributed by atoms with E-state index in [0.717, 1.165) is 0 Å². The number of aliphatic imine (C=N–C) groups is 4. The maximum absolute atomic E-state index is 11.9. The van der Waals surface area contributed by atoms with Gasteiger partial charge in [0.1, 0.15) is 12.8 Å². The summed E-state index contributed by atoms with van der Waals surface area (Å²) in [5, 5.41) is 17.9. The first-order valence-electron chi connectivity index (χ1n) is 6.60. The van der Waals surface area contributed by atoms with Gasteiger partial charge in [-0.2, -0.15) is 9.98 Å². The summed E-state index contributed by atoms with van der Waals surface area (Å²) >= 11 is 0. The van der Waals surface area contributed by atoms with Crippen molar-refractivity contribution in [1.82, 2.24) is 9.80 Å². The molecule has 1 amide bonds. The van der Waals surface area contributed by atoms with E-state index >= 15 is 0 Å². The third-order valence-corrected chi connectivity index (χ3v) is 2.81. The van der Waals surface area contributed by atoms with Crippen LogP contribution in [0.2, 0.25) is 0 Å². The van der Waals surface area contributed by atoms with Crippen molar-refractivity contribution in [3.8, 4) is 0 Å². The number of fused-ring (bicyclic) bond motifs is 1. The SMILES string of the molecule is CN(C)/C=N/C1=NC(=O)C2N=CN(COC(CO)CO)C2=N1. The molecule has 0 saturated carbocycles. The number of aliphatic hydroxyl groups excluding tert-OH is 2. The number of rotatable bonds is 6. The summed E-state index contributed by atoms with van der Waals surface area (Å²) < 4.78 is 5.30. The van der Waals surface area contributed by atoms with E-state index in [1.807, 2.05) is 0 Å². The van der Waals surface area contributed by atoms with Gasteiger partial charge in [0.2, 0.25) is 0 Å². The number of guanidine groups is 1. The molecule has 0 bridgehead atoms. The summed E-state index contributed by atoms with van der Waals surface area (Å²) in [7, 11) is 3.57. The Kier molecular flexibility index (Phi) is 5.31. The van der Waals surface area contributed by atoms with Crippen LogP contribution in [0.3, 0.4) is 0 Å². The summed E-state index contributed by atoms with van der Waals surface area (Å²) in [6.07, 6.45) is 2.20. The van der Waals surface area contributed by atoms with Gasteiger partial charge in [0, 0.05) is 14.1 Å². The van der Waals surface area contributed by atoms with Crippen LogP contribution in [-0.4, -0.2) is 96.6 Å². The second-order valence-corrected chi connectivity index (χ2v) is 4.85. The lowest BCUT2D eigenvalue weighted by Crippen LogP contribution is -2.40. The molecule has 10 nitrogen and oxygen atoms in total. The molecule has 0 aromatic rings. The molecule has 1 atom stereocenters. The van der Waals surface area contributed by atoms with E-state index in [4.69, 9.17) is 14.9 Å². The first kappa shape index (κ1) is 16.2. The highest BCUT2D eigenvalue weighted by Crippen LogP contribution is 2.15. The topological polar surface area (TPSA) is 123 Å². The number of amidine groups is 1. The van der Waals surface area contributed by atoms with Gasteiger partial charge in [0.25, 0.3) is 11.9 Å². The number of aliphatic hydroxyl groups is 2. The highest BCUT2D eigenvalue weighted by molar-refractivity contribution is 6.22. The molecule has 0 aromatic carbocycles. The van der Waals surface area contributed by atoms with Crippen molar-refractivity contribution >= 4 is 30.4 Å². The van der Waals surface area contributed by atoms with Gasteiger partial charge in [-0.3, -0.25) is 14.7 Å². The molecule has 2 aliphatic heterocycles. The van der Waals surface area contributed by atoms with E-state index in [2.05, 4.69) is 20.0 Å². The van der Waals surface area contributed by atoms with E-state index in [1.165, 1.54) is 17.6 Å². The molecule has 2 aliphatic rings. The van der Waals surface area contributed by atoms with Crippen molar-refractivity contribution in [2.75, 3.05) is 34.0 Å². The number of nitrogens with zero attached hydrogens (tertiary/aromatic N) is 6. The van der Waals surface area contributed by atoms with Crippen LogP contribution in [-0.2, 0) is 9.53 Å². The zero-order valence-electron chi connectivity index (χ0n) is 12.3. The predicted octanol–water partition coefficient (Wildman–Crippen LogP) is -2.09. The number of carbonyl (C=O) groups is 1. The minimum Gasteiger partial charge on any atom is -0.394 e. The molecule has 0 spiro atoms. The Labute approximate surface area is 127 Å². The molecule has 2 heterocycles. The fourth-order valence-corrected chi connectivity index (χ4v) is 1.69. The van der Waals surface area contributed by atoms with E-state index in [9.17, 15) is 4.79 Å². The van der Waals surface area contributed by atoms with Crippen LogP contribution in [0.1, 0.15) is 0 Å². The van der Waals surface area contributed by atoms with Crippen molar-refractivity contribution in [3.05, 3.63) is 0 Å². The normalized spacial score (nSPS) is 20.7. The van der Waals surface area contributed by atoms with Crippen LogP contribution >= 0.6 is 0 Å². The number of hydrogen-bond acceptors (Lipinski definition) is 8. The van der Waals surface area contributed by atoms with Gasteiger partial charge < -0.3 is 19.8 Å². The highest BCUT2D eigenvalue weighted by Gasteiger charge is 2.35. The molecule has 0 fully saturated rings. The zero-order valence-corrected chi connectivity index (χ0v) is 12.3. The molecule has 22 heavy (non-hydrogen) atoms. The molecule has 2 N–H and O–H groups in total. The van der Waals surface area contributed by atoms with Crippen molar-refractivity contribution in [1.29, 1.82) is 0 Å². The van der Waals surface area contributed by atoms with Gasteiger partial charge in [0.15, 0.2) is 11.9 Å². The predicted molar refractivity (Wildman–Crippen MR) is 80.1 cm³/mol. The van der Waals surface area contributed by atoms with Crippen molar-refractivity contribution < 1.29 is 19.7 Å². The third-order valence-electron chi connectivity index (χ3n) is 2.81. The Morgan fingerprint density at radius 1 is 1.45 bits per heavy atom. The molecule has 0 saturated heterocycles. The van der Waals surface area contributed by atoms with Gasteiger partial charge in [-0.15, -0.1) is 0 Å². The van der Waals surface area contributed by atoms with Crippen LogP contribution in [0.15, 0.2) is 20.0 Å². The fourth-order valence-electron chi connectivity index (χ4n) is 1.69. The third kappa shape index (κ3) is 3.72. The zero-order chi connectivity index (χ0) is 16.1. The average molecular weight is 310 g/mol. The van der Waals surface area contributed by atoms with Crippen LogP contribution in [0, 0.1) is 0 Å². The summed E-state index contributed by atoms with van der Waals surface area (Å²) in [4.78, 5) is 31.1. The Morgan fingerprint density at radius 3 is 2.82 bits per heavy atom. The lowest BCUT2D eigenvalue weighted by atomic mass is 10.2. The number of carbonyl (C=O) groups excluding carboxylic acids is 1. The lowest BCUT2D eigenvalue weighted by molar-refractivity contribution is -0.117. The van der Waals surface area contributed by atoms with E-state index in [1.54, 1.807) is 19.0 Å². The molecule has 0 aromatic heterocycles. The fraction of sp³-hybridized carbons (Fsp3) is 0.583. The monoisotopic (exact) mass is 310 g/mol. The molecular formula is C12H18N6O4.